The quantitative estimate of drug-likeness (QED) is 0.899. The molecule has 1 atom stereocenters. The zero-order valence-electron chi connectivity index (χ0n) is 10.7. The number of aliphatic hydroxyl groups excluding tert-OH is 1. The van der Waals surface area contributed by atoms with E-state index in [4.69, 9.17) is 4.74 Å². The van der Waals surface area contributed by atoms with Crippen molar-refractivity contribution in [2.75, 3.05) is 7.11 Å². The van der Waals surface area contributed by atoms with Crippen molar-refractivity contribution in [3.8, 4) is 5.88 Å². The normalized spacial score (nSPS) is 12.2. The maximum absolute atomic E-state index is 10.3. The smallest absolute Gasteiger partial charge is 0.238 e. The van der Waals surface area contributed by atoms with E-state index >= 15 is 0 Å². The minimum absolute atomic E-state index is 0.350. The lowest BCUT2D eigenvalue weighted by Crippen LogP contribution is -2.06. The molecule has 0 radical (unpaired) electrons. The van der Waals surface area contributed by atoms with Gasteiger partial charge < -0.3 is 9.84 Å². The first kappa shape index (κ1) is 12.5. The molecule has 1 heterocycles. The van der Waals surface area contributed by atoms with Crippen LogP contribution < -0.4 is 4.74 Å². The molecule has 0 bridgehead atoms. The number of hydrogen-bond acceptors (Lipinski definition) is 4. The molecule has 1 unspecified atom stereocenters. The maximum Gasteiger partial charge on any atom is 0.238 e. The predicted molar refractivity (Wildman–Crippen MR) is 68.6 cm³/mol. The lowest BCUT2D eigenvalue weighted by molar-refractivity contribution is 0.207. The van der Waals surface area contributed by atoms with Gasteiger partial charge in [0.25, 0.3) is 0 Å². The van der Waals surface area contributed by atoms with Crippen LogP contribution in [0.4, 0.5) is 0 Å². The molecule has 94 valence electrons. The summed E-state index contributed by atoms with van der Waals surface area (Å²) in [4.78, 5) is 8.18. The topological polar surface area (TPSA) is 55.2 Å². The SMILES string of the molecule is COc1nccnc1C(O)c1ccc(C)c(C)c1. The minimum atomic E-state index is -0.826. The molecule has 0 aliphatic rings. The Hall–Kier alpha value is -1.94. The van der Waals surface area contributed by atoms with Gasteiger partial charge in [-0.15, -0.1) is 0 Å². The van der Waals surface area contributed by atoms with Gasteiger partial charge in [0, 0.05) is 12.4 Å². The summed E-state index contributed by atoms with van der Waals surface area (Å²) in [6, 6.07) is 5.83. The van der Waals surface area contributed by atoms with E-state index < -0.39 is 6.10 Å². The highest BCUT2D eigenvalue weighted by molar-refractivity contribution is 5.36. The lowest BCUT2D eigenvalue weighted by Gasteiger charge is -2.14. The Balaban J connectivity index is 2.41. The van der Waals surface area contributed by atoms with Crippen molar-refractivity contribution < 1.29 is 9.84 Å². The van der Waals surface area contributed by atoms with Crippen LogP contribution in [0.1, 0.15) is 28.5 Å². The fourth-order valence-electron chi connectivity index (χ4n) is 1.77. The summed E-state index contributed by atoms with van der Waals surface area (Å²) in [6.45, 7) is 4.05. The Labute approximate surface area is 106 Å². The second kappa shape index (κ2) is 5.14. The highest BCUT2D eigenvalue weighted by atomic mass is 16.5. The highest BCUT2D eigenvalue weighted by Gasteiger charge is 2.18. The zero-order chi connectivity index (χ0) is 13.1. The molecule has 2 rings (SSSR count). The summed E-state index contributed by atoms with van der Waals surface area (Å²) in [7, 11) is 1.51. The number of rotatable bonds is 3. The van der Waals surface area contributed by atoms with Crippen LogP contribution in [0.15, 0.2) is 30.6 Å². The number of benzene rings is 1. The molecule has 1 aromatic carbocycles. The molecule has 18 heavy (non-hydrogen) atoms. The van der Waals surface area contributed by atoms with Crippen molar-refractivity contribution in [3.05, 3.63) is 53.0 Å². The molecule has 0 saturated carbocycles. The molecule has 4 heteroatoms. The van der Waals surface area contributed by atoms with E-state index in [0.717, 1.165) is 11.1 Å². The van der Waals surface area contributed by atoms with Crippen molar-refractivity contribution in [3.63, 3.8) is 0 Å². The maximum atomic E-state index is 10.3. The molecule has 4 nitrogen and oxygen atoms in total. The van der Waals surface area contributed by atoms with E-state index in [1.54, 1.807) is 6.20 Å². The van der Waals surface area contributed by atoms with Crippen molar-refractivity contribution >= 4 is 0 Å². The molecule has 0 fully saturated rings. The predicted octanol–water partition coefficient (Wildman–Crippen LogP) is 2.18. The van der Waals surface area contributed by atoms with E-state index in [-0.39, 0.29) is 0 Å². The Bertz CT molecular complexity index is 555. The van der Waals surface area contributed by atoms with Gasteiger partial charge in [0.15, 0.2) is 0 Å². The van der Waals surface area contributed by atoms with Crippen LogP contribution in [0.5, 0.6) is 5.88 Å². The average Bonchev–Trinajstić information content (AvgIpc) is 2.41. The Morgan fingerprint density at radius 3 is 2.50 bits per heavy atom. The second-order valence-electron chi connectivity index (χ2n) is 4.20. The molecule has 1 N–H and O–H groups in total. The van der Waals surface area contributed by atoms with Crippen molar-refractivity contribution in [2.45, 2.75) is 20.0 Å². The first-order chi connectivity index (χ1) is 8.63. The third kappa shape index (κ3) is 2.33. The van der Waals surface area contributed by atoms with E-state index in [1.165, 1.54) is 18.9 Å². The van der Waals surface area contributed by atoms with Gasteiger partial charge in [-0.1, -0.05) is 18.2 Å². The van der Waals surface area contributed by atoms with E-state index in [9.17, 15) is 5.11 Å². The zero-order valence-corrected chi connectivity index (χ0v) is 10.7. The van der Waals surface area contributed by atoms with E-state index in [1.807, 2.05) is 32.0 Å². The molecule has 0 aliphatic heterocycles. The largest absolute Gasteiger partial charge is 0.480 e. The standard InChI is InChI=1S/C14H16N2O2/c1-9-4-5-11(8-10(9)2)13(17)12-14(18-3)16-7-6-15-12/h4-8,13,17H,1-3H3. The average molecular weight is 244 g/mol. The van der Waals surface area contributed by atoms with Crippen LogP contribution >= 0.6 is 0 Å². The van der Waals surface area contributed by atoms with Gasteiger partial charge in [-0.25, -0.2) is 4.98 Å². The highest BCUT2D eigenvalue weighted by Crippen LogP contribution is 2.27. The van der Waals surface area contributed by atoms with Crippen LogP contribution in [0.25, 0.3) is 0 Å². The van der Waals surface area contributed by atoms with Crippen LogP contribution in [-0.2, 0) is 0 Å². The second-order valence-corrected chi connectivity index (χ2v) is 4.20. The van der Waals surface area contributed by atoms with Crippen molar-refractivity contribution in [1.82, 2.24) is 9.97 Å². The van der Waals surface area contributed by atoms with Crippen LogP contribution in [0.3, 0.4) is 0 Å². The van der Waals surface area contributed by atoms with Gasteiger partial charge in [-0.2, -0.15) is 0 Å². The molecule has 2 aromatic rings. The van der Waals surface area contributed by atoms with Gasteiger partial charge in [0.1, 0.15) is 11.8 Å². The number of aryl methyl sites for hydroxylation is 2. The molecule has 0 aliphatic carbocycles. The fourth-order valence-corrected chi connectivity index (χ4v) is 1.77. The fraction of sp³-hybridized carbons (Fsp3) is 0.286. The number of ether oxygens (including phenoxy) is 1. The first-order valence-corrected chi connectivity index (χ1v) is 5.73. The number of aliphatic hydroxyl groups is 1. The van der Waals surface area contributed by atoms with Gasteiger partial charge >= 0.3 is 0 Å². The van der Waals surface area contributed by atoms with Gasteiger partial charge in [-0.3, -0.25) is 4.98 Å². The molecule has 0 amide bonds. The van der Waals surface area contributed by atoms with E-state index in [2.05, 4.69) is 9.97 Å². The van der Waals surface area contributed by atoms with E-state index in [0.29, 0.717) is 11.6 Å². The first-order valence-electron chi connectivity index (χ1n) is 5.73. The lowest BCUT2D eigenvalue weighted by atomic mass is 10.0. The minimum Gasteiger partial charge on any atom is -0.480 e. The molecular formula is C14H16N2O2. The summed E-state index contributed by atoms with van der Waals surface area (Å²) < 4.78 is 5.11. The Morgan fingerprint density at radius 1 is 1.11 bits per heavy atom. The summed E-state index contributed by atoms with van der Waals surface area (Å²) in [6.07, 6.45) is 2.25. The van der Waals surface area contributed by atoms with Gasteiger partial charge in [0.2, 0.25) is 5.88 Å². The number of methoxy groups -OCH3 is 1. The van der Waals surface area contributed by atoms with Crippen LogP contribution in [-0.4, -0.2) is 22.2 Å². The van der Waals surface area contributed by atoms with Crippen molar-refractivity contribution in [1.29, 1.82) is 0 Å². The molecule has 1 aromatic heterocycles. The monoisotopic (exact) mass is 244 g/mol. The molecular weight excluding hydrogens is 228 g/mol. The Morgan fingerprint density at radius 2 is 1.83 bits per heavy atom. The third-order valence-corrected chi connectivity index (χ3v) is 2.99. The third-order valence-electron chi connectivity index (χ3n) is 2.99. The van der Waals surface area contributed by atoms with Crippen LogP contribution in [0.2, 0.25) is 0 Å². The summed E-state index contributed by atoms with van der Waals surface area (Å²) in [5.74, 6) is 0.350. The number of hydrogen-bond donors (Lipinski definition) is 1. The number of nitrogens with zero attached hydrogens (tertiary/aromatic N) is 2. The summed E-state index contributed by atoms with van der Waals surface area (Å²) >= 11 is 0. The van der Waals surface area contributed by atoms with Gasteiger partial charge in [0.05, 0.1) is 7.11 Å². The molecule has 0 saturated heterocycles. The Kier molecular flexibility index (Phi) is 3.58. The van der Waals surface area contributed by atoms with Crippen molar-refractivity contribution in [2.24, 2.45) is 0 Å². The summed E-state index contributed by atoms with van der Waals surface area (Å²) in [5.41, 5.74) is 3.55. The number of aromatic nitrogens is 2. The van der Waals surface area contributed by atoms with Crippen LogP contribution in [0, 0.1) is 13.8 Å². The summed E-state index contributed by atoms with van der Waals surface area (Å²) in [5, 5.41) is 10.3. The molecule has 0 spiro atoms. The van der Waals surface area contributed by atoms with Gasteiger partial charge in [-0.05, 0) is 30.5 Å².